The first-order valence-electron chi connectivity index (χ1n) is 7.65. The van der Waals surface area contributed by atoms with Crippen LogP contribution in [-0.2, 0) is 4.79 Å². The van der Waals surface area contributed by atoms with E-state index in [1.165, 1.54) is 0 Å². The van der Waals surface area contributed by atoms with Gasteiger partial charge in [-0.05, 0) is 37.0 Å². The van der Waals surface area contributed by atoms with Gasteiger partial charge in [0.1, 0.15) is 0 Å². The molecule has 0 aliphatic carbocycles. The maximum atomic E-state index is 12.7. The molecule has 3 unspecified atom stereocenters. The van der Waals surface area contributed by atoms with Crippen LogP contribution in [0.2, 0.25) is 0 Å². The molecule has 110 valence electrons. The Bertz CT molecular complexity index is 356. The van der Waals surface area contributed by atoms with Crippen LogP contribution in [0, 0.1) is 23.2 Å². The third-order valence-electron chi connectivity index (χ3n) is 5.62. The van der Waals surface area contributed by atoms with Crippen LogP contribution in [0.1, 0.15) is 48.0 Å². The lowest BCUT2D eigenvalue weighted by Gasteiger charge is -2.37. The van der Waals surface area contributed by atoms with E-state index in [-0.39, 0.29) is 11.0 Å². The third-order valence-corrected chi connectivity index (χ3v) is 5.62. The zero-order chi connectivity index (χ0) is 14.4. The number of carbonyl (C=O) groups is 1. The highest BCUT2D eigenvalue weighted by atomic mass is 16.2. The molecule has 2 aliphatic rings. The van der Waals surface area contributed by atoms with E-state index in [4.69, 9.17) is 0 Å². The van der Waals surface area contributed by atoms with E-state index in [2.05, 4.69) is 51.8 Å². The largest absolute Gasteiger partial charge is 0.337 e. The Hall–Kier alpha value is -0.570. The van der Waals surface area contributed by atoms with Crippen LogP contribution in [0.25, 0.3) is 0 Å². The SMILES string of the molecule is CC(CC(=O)N1CC2CNCC2C1(C)C)C(C)(C)C. The van der Waals surface area contributed by atoms with E-state index in [9.17, 15) is 4.79 Å². The zero-order valence-electron chi connectivity index (χ0n) is 13.4. The minimum Gasteiger partial charge on any atom is -0.337 e. The van der Waals surface area contributed by atoms with Gasteiger partial charge in [-0.15, -0.1) is 0 Å². The number of carbonyl (C=O) groups excluding carboxylic acids is 1. The minimum atomic E-state index is 0.0167. The van der Waals surface area contributed by atoms with E-state index >= 15 is 0 Å². The number of rotatable bonds is 2. The maximum absolute atomic E-state index is 12.7. The average molecular weight is 266 g/mol. The second kappa shape index (κ2) is 4.76. The first-order valence-corrected chi connectivity index (χ1v) is 7.65. The Morgan fingerprint density at radius 2 is 2.00 bits per heavy atom. The summed E-state index contributed by atoms with van der Waals surface area (Å²) >= 11 is 0. The van der Waals surface area contributed by atoms with Crippen LogP contribution in [0.4, 0.5) is 0 Å². The van der Waals surface area contributed by atoms with Gasteiger partial charge >= 0.3 is 0 Å². The molecule has 3 nitrogen and oxygen atoms in total. The van der Waals surface area contributed by atoms with Gasteiger partial charge in [0.2, 0.25) is 5.91 Å². The number of amides is 1. The van der Waals surface area contributed by atoms with E-state index < -0.39 is 0 Å². The maximum Gasteiger partial charge on any atom is 0.223 e. The normalized spacial score (nSPS) is 31.4. The fourth-order valence-corrected chi connectivity index (χ4v) is 3.52. The number of hydrogen-bond acceptors (Lipinski definition) is 2. The van der Waals surface area contributed by atoms with Crippen molar-refractivity contribution in [3.63, 3.8) is 0 Å². The number of fused-ring (bicyclic) bond motifs is 1. The lowest BCUT2D eigenvalue weighted by atomic mass is 9.79. The molecule has 0 bridgehead atoms. The van der Waals surface area contributed by atoms with Gasteiger partial charge in [0.15, 0.2) is 0 Å². The summed E-state index contributed by atoms with van der Waals surface area (Å²) in [4.78, 5) is 14.8. The van der Waals surface area contributed by atoms with Crippen molar-refractivity contribution in [1.82, 2.24) is 10.2 Å². The standard InChI is InChI=1S/C16H30N2O/c1-11(15(2,3)4)7-14(19)18-10-12-8-17-9-13(12)16(18,5)6/h11-13,17H,7-10H2,1-6H3. The minimum absolute atomic E-state index is 0.0167. The summed E-state index contributed by atoms with van der Waals surface area (Å²) in [6.07, 6.45) is 0.680. The van der Waals surface area contributed by atoms with Gasteiger partial charge < -0.3 is 10.2 Å². The first kappa shape index (κ1) is 14.8. The van der Waals surface area contributed by atoms with Crippen LogP contribution in [0.15, 0.2) is 0 Å². The molecule has 1 amide bonds. The monoisotopic (exact) mass is 266 g/mol. The van der Waals surface area contributed by atoms with Crippen LogP contribution < -0.4 is 5.32 Å². The summed E-state index contributed by atoms with van der Waals surface area (Å²) in [6, 6.07) is 0. The van der Waals surface area contributed by atoms with E-state index in [0.717, 1.165) is 19.6 Å². The lowest BCUT2D eigenvalue weighted by molar-refractivity contribution is -0.136. The second-order valence-corrected chi connectivity index (χ2v) is 8.15. The van der Waals surface area contributed by atoms with Crippen molar-refractivity contribution >= 4 is 5.91 Å². The smallest absolute Gasteiger partial charge is 0.223 e. The molecular weight excluding hydrogens is 236 g/mol. The molecule has 2 rings (SSSR count). The van der Waals surface area contributed by atoms with Crippen molar-refractivity contribution in [2.24, 2.45) is 23.2 Å². The fourth-order valence-electron chi connectivity index (χ4n) is 3.52. The molecule has 3 heteroatoms. The Balaban J connectivity index is 2.04. The van der Waals surface area contributed by atoms with Crippen molar-refractivity contribution in [1.29, 1.82) is 0 Å². The molecule has 0 aromatic rings. The predicted octanol–water partition coefficient (Wildman–Crippen LogP) is 2.52. The van der Waals surface area contributed by atoms with E-state index in [1.54, 1.807) is 0 Å². The summed E-state index contributed by atoms with van der Waals surface area (Å²) in [7, 11) is 0. The Morgan fingerprint density at radius 1 is 1.37 bits per heavy atom. The van der Waals surface area contributed by atoms with Crippen molar-refractivity contribution in [2.45, 2.75) is 53.5 Å². The molecule has 19 heavy (non-hydrogen) atoms. The van der Waals surface area contributed by atoms with Crippen LogP contribution >= 0.6 is 0 Å². The lowest BCUT2D eigenvalue weighted by Crippen LogP contribution is -2.48. The van der Waals surface area contributed by atoms with Gasteiger partial charge in [-0.3, -0.25) is 4.79 Å². The molecule has 0 saturated carbocycles. The Labute approximate surface area is 118 Å². The summed E-state index contributed by atoms with van der Waals surface area (Å²) < 4.78 is 0. The van der Waals surface area contributed by atoms with Crippen molar-refractivity contribution < 1.29 is 4.79 Å². The summed E-state index contributed by atoms with van der Waals surface area (Å²) in [6.45, 7) is 16.4. The van der Waals surface area contributed by atoms with Crippen LogP contribution in [0.3, 0.4) is 0 Å². The second-order valence-electron chi connectivity index (χ2n) is 8.15. The van der Waals surface area contributed by atoms with Gasteiger partial charge in [-0.1, -0.05) is 27.7 Å². The van der Waals surface area contributed by atoms with Crippen LogP contribution in [0.5, 0.6) is 0 Å². The first-order chi connectivity index (χ1) is 8.64. The molecule has 2 saturated heterocycles. The third kappa shape index (κ3) is 2.67. The number of nitrogens with zero attached hydrogens (tertiary/aromatic N) is 1. The molecule has 3 atom stereocenters. The Kier molecular flexibility index (Phi) is 3.72. The van der Waals surface area contributed by atoms with Gasteiger partial charge in [0.05, 0.1) is 0 Å². The Morgan fingerprint density at radius 3 is 2.53 bits per heavy atom. The zero-order valence-corrected chi connectivity index (χ0v) is 13.4. The topological polar surface area (TPSA) is 32.3 Å². The molecule has 1 N–H and O–H groups in total. The van der Waals surface area contributed by atoms with E-state index in [1.807, 2.05) is 0 Å². The highest BCUT2D eigenvalue weighted by molar-refractivity contribution is 5.78. The molecule has 2 aliphatic heterocycles. The predicted molar refractivity (Wildman–Crippen MR) is 78.9 cm³/mol. The molecule has 0 aromatic carbocycles. The molecule has 0 radical (unpaired) electrons. The van der Waals surface area contributed by atoms with Crippen molar-refractivity contribution in [2.75, 3.05) is 19.6 Å². The van der Waals surface area contributed by atoms with Crippen LogP contribution in [-0.4, -0.2) is 36.0 Å². The van der Waals surface area contributed by atoms with Gasteiger partial charge in [-0.25, -0.2) is 0 Å². The molecule has 2 heterocycles. The van der Waals surface area contributed by atoms with E-state index in [0.29, 0.717) is 30.1 Å². The highest BCUT2D eigenvalue weighted by Crippen LogP contribution is 2.41. The fraction of sp³-hybridized carbons (Fsp3) is 0.938. The number of nitrogens with one attached hydrogen (secondary N) is 1. The summed E-state index contributed by atoms with van der Waals surface area (Å²) in [5, 5.41) is 3.47. The highest BCUT2D eigenvalue weighted by Gasteiger charge is 2.51. The van der Waals surface area contributed by atoms with Gasteiger partial charge in [0.25, 0.3) is 0 Å². The van der Waals surface area contributed by atoms with Crippen molar-refractivity contribution in [3.8, 4) is 0 Å². The number of hydrogen-bond donors (Lipinski definition) is 1. The molecular formula is C16H30N2O. The summed E-state index contributed by atoms with van der Waals surface area (Å²) in [5.41, 5.74) is 0.222. The van der Waals surface area contributed by atoms with Gasteiger partial charge in [0, 0.05) is 31.6 Å². The quantitative estimate of drug-likeness (QED) is 0.833. The molecule has 0 aromatic heterocycles. The number of likely N-dealkylation sites (tertiary alicyclic amines) is 1. The van der Waals surface area contributed by atoms with Gasteiger partial charge in [-0.2, -0.15) is 0 Å². The van der Waals surface area contributed by atoms with Crippen molar-refractivity contribution in [3.05, 3.63) is 0 Å². The molecule has 0 spiro atoms. The average Bonchev–Trinajstić information content (AvgIpc) is 2.79. The summed E-state index contributed by atoms with van der Waals surface area (Å²) in [5.74, 6) is 2.06. The molecule has 2 fully saturated rings.